The number of benzene rings is 15. The van der Waals surface area contributed by atoms with E-state index in [1.807, 2.05) is 12.4 Å². The summed E-state index contributed by atoms with van der Waals surface area (Å²) in [5.74, 6) is 0. The van der Waals surface area contributed by atoms with Gasteiger partial charge in [-0.15, -0.1) is 0 Å². The first-order valence-electron chi connectivity index (χ1n) is 24.1. The average molecular weight is 859 g/mol. The van der Waals surface area contributed by atoms with Crippen LogP contribution < -0.4 is 9.80 Å². The molecule has 0 radical (unpaired) electrons. The highest BCUT2D eigenvalue weighted by atomic mass is 15.2. The fourth-order valence-corrected chi connectivity index (χ4v) is 14.7. The molecular formula is C64H34N4. The highest BCUT2D eigenvalue weighted by Crippen LogP contribution is 2.54. The number of hydrogen-bond donors (Lipinski definition) is 0. The lowest BCUT2D eigenvalue weighted by molar-refractivity contribution is 0.887. The maximum atomic E-state index is 5.14. The van der Waals surface area contributed by atoms with Gasteiger partial charge in [0.05, 0.1) is 11.0 Å². The molecule has 2 aliphatic rings. The largest absolute Gasteiger partial charge is 0.362 e. The van der Waals surface area contributed by atoms with Crippen LogP contribution in [0.4, 0.5) is 11.4 Å². The first kappa shape index (κ1) is 33.8. The minimum atomic E-state index is 0.846. The molecular weight excluding hydrogens is 825 g/mol. The number of pyridine rings is 2. The minimum absolute atomic E-state index is 0.846. The molecule has 0 unspecified atom stereocenters. The maximum Gasteiger partial charge on any atom is 0.0986 e. The van der Waals surface area contributed by atoms with Gasteiger partial charge in [0.2, 0.25) is 0 Å². The molecule has 0 saturated carbocycles. The zero-order valence-electron chi connectivity index (χ0n) is 36.6. The smallest absolute Gasteiger partial charge is 0.0986 e. The molecule has 0 atom stereocenters. The molecule has 15 aromatic carbocycles. The molecule has 19 rings (SSSR count). The van der Waals surface area contributed by atoms with E-state index in [2.05, 4.69) is 155 Å². The highest BCUT2D eigenvalue weighted by Gasteiger charge is 2.32. The van der Waals surface area contributed by atoms with Crippen molar-refractivity contribution >= 4 is 162 Å². The molecule has 2 aromatic heterocycles. The molecule has 2 aliphatic heterocycles. The van der Waals surface area contributed by atoms with E-state index in [1.165, 1.54) is 163 Å². The second-order valence-electron chi connectivity index (χ2n) is 20.3. The minimum Gasteiger partial charge on any atom is -0.362 e. The van der Waals surface area contributed by atoms with Crippen molar-refractivity contribution < 1.29 is 0 Å². The Hall–Kier alpha value is -8.60. The number of aromatic nitrogens is 2. The summed E-state index contributed by atoms with van der Waals surface area (Å²) in [4.78, 5) is 15.5. The van der Waals surface area contributed by atoms with Gasteiger partial charge in [-0.3, -0.25) is 9.97 Å². The van der Waals surface area contributed by atoms with Gasteiger partial charge in [-0.25, -0.2) is 0 Å². The Morgan fingerprint density at radius 1 is 0.235 bits per heavy atom. The van der Waals surface area contributed by atoms with Gasteiger partial charge in [0, 0.05) is 60.7 Å². The molecule has 4 heterocycles. The van der Waals surface area contributed by atoms with E-state index in [0.29, 0.717) is 0 Å². The Bertz CT molecular complexity index is 4510. The third-order valence-electron chi connectivity index (χ3n) is 17.4. The second kappa shape index (κ2) is 11.1. The SMILES string of the molecule is c1cc(N2Cc3c(c4ccc5ccc6ccc7ccc8ccc3c3c8c7c6c5c43)C2)c2ccc3c(N4Cc5c(c6ccc7ccc8ccc9ccc%10ccc5c5c%10c9c8c7c65)C4)ccnc3c2n1. The summed E-state index contributed by atoms with van der Waals surface area (Å²) in [6.45, 7) is 3.38. The van der Waals surface area contributed by atoms with Crippen molar-refractivity contribution in [2.45, 2.75) is 26.2 Å². The maximum absolute atomic E-state index is 5.14. The van der Waals surface area contributed by atoms with Crippen molar-refractivity contribution in [3.05, 3.63) is 180 Å². The van der Waals surface area contributed by atoms with Crippen LogP contribution in [0.15, 0.2) is 158 Å². The Morgan fingerprint density at radius 2 is 0.456 bits per heavy atom. The molecule has 0 bridgehead atoms. The van der Waals surface area contributed by atoms with Gasteiger partial charge < -0.3 is 9.80 Å². The number of rotatable bonds is 2. The van der Waals surface area contributed by atoms with Crippen molar-refractivity contribution in [1.82, 2.24) is 9.97 Å². The van der Waals surface area contributed by atoms with E-state index >= 15 is 0 Å². The van der Waals surface area contributed by atoms with Crippen molar-refractivity contribution in [3.63, 3.8) is 0 Å². The zero-order valence-corrected chi connectivity index (χ0v) is 36.6. The third kappa shape index (κ3) is 3.69. The van der Waals surface area contributed by atoms with E-state index < -0.39 is 0 Å². The van der Waals surface area contributed by atoms with Crippen molar-refractivity contribution in [3.8, 4) is 0 Å². The van der Waals surface area contributed by atoms with Crippen LogP contribution >= 0.6 is 0 Å². The lowest BCUT2D eigenvalue weighted by Gasteiger charge is -2.22. The summed E-state index contributed by atoms with van der Waals surface area (Å²) in [6.07, 6.45) is 4.02. The van der Waals surface area contributed by atoms with Crippen molar-refractivity contribution in [2.24, 2.45) is 0 Å². The van der Waals surface area contributed by atoms with Crippen LogP contribution in [0, 0.1) is 0 Å². The van der Waals surface area contributed by atoms with Gasteiger partial charge in [0.25, 0.3) is 0 Å². The predicted molar refractivity (Wildman–Crippen MR) is 287 cm³/mol. The number of nitrogens with zero attached hydrogens (tertiary/aromatic N) is 4. The van der Waals surface area contributed by atoms with E-state index in [-0.39, 0.29) is 0 Å². The molecule has 0 aliphatic carbocycles. The Labute approximate surface area is 386 Å². The fourth-order valence-electron chi connectivity index (χ4n) is 14.7. The Morgan fingerprint density at radius 3 is 0.721 bits per heavy atom. The molecule has 0 saturated heterocycles. The molecule has 310 valence electrons. The second-order valence-corrected chi connectivity index (χ2v) is 20.3. The van der Waals surface area contributed by atoms with Crippen molar-refractivity contribution in [2.75, 3.05) is 9.80 Å². The summed E-state index contributed by atoms with van der Waals surface area (Å²) >= 11 is 0. The topological polar surface area (TPSA) is 32.3 Å². The molecule has 4 nitrogen and oxygen atoms in total. The molecule has 68 heavy (non-hydrogen) atoms. The standard InChI is InChI=1S/C64H34N4/c1-2-32-6-10-36-14-18-40-46-28-67(27-45(46)39-17-13-35-9-5-31(1)51-52(32)56(36)60(40)59(39)55(35)51)49-23-25-65-63-43(49)21-22-44-50(24-26-66-64(44)63)68-29-47-41-19-15-37-11-7-33-3-4-34-8-12-38-16-20-42(48(47)30-68)62-58(38)54(34)53(33)57(37)61(41)62/h1-26H,27-30H2. The molecule has 0 N–H and O–H groups in total. The quantitative estimate of drug-likeness (QED) is 0.128. The highest BCUT2D eigenvalue weighted by molar-refractivity contribution is 6.47. The molecule has 0 amide bonds. The molecule has 17 aromatic rings. The summed E-state index contributed by atoms with van der Waals surface area (Å²) < 4.78 is 0. The molecule has 4 heteroatoms. The van der Waals surface area contributed by atoms with Crippen LogP contribution in [0.25, 0.3) is 151 Å². The first-order chi connectivity index (χ1) is 33.7. The Kier molecular flexibility index (Phi) is 5.54. The van der Waals surface area contributed by atoms with Gasteiger partial charge in [0.15, 0.2) is 0 Å². The third-order valence-corrected chi connectivity index (χ3v) is 17.4. The van der Waals surface area contributed by atoms with Gasteiger partial charge in [0.1, 0.15) is 0 Å². The summed E-state index contributed by atoms with van der Waals surface area (Å²) in [5.41, 5.74) is 10.2. The number of hydrogen-bond acceptors (Lipinski definition) is 4. The van der Waals surface area contributed by atoms with Crippen molar-refractivity contribution in [1.29, 1.82) is 0 Å². The van der Waals surface area contributed by atoms with Gasteiger partial charge in [-0.05, 0) is 176 Å². The van der Waals surface area contributed by atoms with Crippen LogP contribution in [0.3, 0.4) is 0 Å². The monoisotopic (exact) mass is 858 g/mol. The van der Waals surface area contributed by atoms with Crippen LogP contribution in [-0.4, -0.2) is 9.97 Å². The summed E-state index contributed by atoms with van der Waals surface area (Å²) in [7, 11) is 0. The zero-order chi connectivity index (χ0) is 43.4. The van der Waals surface area contributed by atoms with Crippen LogP contribution in [0.5, 0.6) is 0 Å². The van der Waals surface area contributed by atoms with Gasteiger partial charge in [-0.1, -0.05) is 121 Å². The van der Waals surface area contributed by atoms with E-state index in [1.54, 1.807) is 0 Å². The molecule has 0 spiro atoms. The number of anilines is 2. The van der Waals surface area contributed by atoms with Gasteiger partial charge >= 0.3 is 0 Å². The fraction of sp³-hybridized carbons (Fsp3) is 0.0625. The lowest BCUT2D eigenvalue weighted by Crippen LogP contribution is -2.16. The van der Waals surface area contributed by atoms with Gasteiger partial charge in [-0.2, -0.15) is 0 Å². The number of fused-ring (bicyclic) bond motifs is 9. The normalized spacial score (nSPS) is 14.8. The summed E-state index contributed by atoms with van der Waals surface area (Å²) in [6, 6.07) is 56.1. The van der Waals surface area contributed by atoms with E-state index in [9.17, 15) is 0 Å². The van der Waals surface area contributed by atoms with E-state index in [0.717, 1.165) is 48.0 Å². The van der Waals surface area contributed by atoms with Crippen LogP contribution in [0.1, 0.15) is 22.3 Å². The predicted octanol–water partition coefficient (Wildman–Crippen LogP) is 16.3. The Balaban J connectivity index is 0.772. The van der Waals surface area contributed by atoms with E-state index in [4.69, 9.17) is 9.97 Å². The summed E-state index contributed by atoms with van der Waals surface area (Å²) in [5, 5.41) is 35.6. The average Bonchev–Trinajstić information content (AvgIpc) is 4.06. The molecule has 0 fully saturated rings. The van der Waals surface area contributed by atoms with Crippen LogP contribution in [0.2, 0.25) is 0 Å². The van der Waals surface area contributed by atoms with Crippen LogP contribution in [-0.2, 0) is 26.2 Å². The lowest BCUT2D eigenvalue weighted by atomic mass is 9.80. The first-order valence-corrected chi connectivity index (χ1v) is 24.1.